The predicted octanol–water partition coefficient (Wildman–Crippen LogP) is 3.58. The molecule has 1 amide bonds. The maximum Gasteiger partial charge on any atom is 0.338 e. The van der Waals surface area contributed by atoms with Crippen molar-refractivity contribution >= 4 is 27.8 Å². The maximum absolute atomic E-state index is 12.0. The van der Waals surface area contributed by atoms with E-state index in [2.05, 4.69) is 21.2 Å². The number of amides is 1. The topological polar surface area (TPSA) is 75.6 Å². The number of benzene rings is 2. The summed E-state index contributed by atoms with van der Waals surface area (Å²) in [6.45, 7) is 1.59. The largest absolute Gasteiger partial charge is 0.508 e. The normalized spacial score (nSPS) is 11.6. The number of esters is 1. The Balaban J connectivity index is 1.89. The van der Waals surface area contributed by atoms with Crippen LogP contribution in [0, 0.1) is 0 Å². The van der Waals surface area contributed by atoms with Gasteiger partial charge in [-0.3, -0.25) is 4.79 Å². The lowest BCUT2D eigenvalue weighted by Crippen LogP contribution is -2.32. The molecule has 0 radical (unpaired) electrons. The molecule has 2 aromatic rings. The summed E-state index contributed by atoms with van der Waals surface area (Å²) in [5.41, 5.74) is 1.18. The van der Waals surface area contributed by atoms with Crippen LogP contribution in [0.15, 0.2) is 53.0 Å². The van der Waals surface area contributed by atoms with Gasteiger partial charge in [0.1, 0.15) is 5.75 Å². The van der Waals surface area contributed by atoms with E-state index >= 15 is 0 Å². The lowest BCUT2D eigenvalue weighted by molar-refractivity contribution is -0.125. The minimum atomic E-state index is -0.655. The first-order chi connectivity index (χ1) is 11.5. The van der Waals surface area contributed by atoms with E-state index in [1.165, 1.54) is 24.3 Å². The molecule has 2 N–H and O–H groups in total. The molecule has 0 saturated heterocycles. The van der Waals surface area contributed by atoms with Crippen LogP contribution in [0.1, 0.15) is 35.3 Å². The number of hydrogen-bond donors (Lipinski definition) is 2. The SMILES string of the molecule is CC[C@H](NC(=O)COC(=O)c1cccc(O)c1)c1ccc(Br)cc1. The zero-order chi connectivity index (χ0) is 17.5. The minimum absolute atomic E-state index is 0.0322. The number of carbonyl (C=O) groups excluding carboxylic acids is 2. The number of carbonyl (C=O) groups is 2. The highest BCUT2D eigenvalue weighted by molar-refractivity contribution is 9.10. The smallest absolute Gasteiger partial charge is 0.338 e. The second kappa shape index (κ2) is 8.49. The fourth-order valence-electron chi connectivity index (χ4n) is 2.20. The molecule has 5 nitrogen and oxygen atoms in total. The van der Waals surface area contributed by atoms with Gasteiger partial charge in [0.25, 0.3) is 5.91 Å². The Bertz CT molecular complexity index is 715. The van der Waals surface area contributed by atoms with Gasteiger partial charge in [-0.1, -0.05) is 41.1 Å². The Kier molecular flexibility index (Phi) is 6.37. The summed E-state index contributed by atoms with van der Waals surface area (Å²) in [6.07, 6.45) is 0.716. The van der Waals surface area contributed by atoms with Gasteiger partial charge in [-0.2, -0.15) is 0 Å². The van der Waals surface area contributed by atoms with Crippen molar-refractivity contribution in [3.63, 3.8) is 0 Å². The van der Waals surface area contributed by atoms with E-state index in [1.54, 1.807) is 0 Å². The van der Waals surface area contributed by atoms with Gasteiger partial charge in [0, 0.05) is 4.47 Å². The van der Waals surface area contributed by atoms with E-state index in [0.29, 0.717) is 6.42 Å². The van der Waals surface area contributed by atoms with Gasteiger partial charge in [0.15, 0.2) is 6.61 Å². The third-order valence-corrected chi connectivity index (χ3v) is 3.96. The van der Waals surface area contributed by atoms with Crippen LogP contribution >= 0.6 is 15.9 Å². The molecular formula is C18H18BrNO4. The lowest BCUT2D eigenvalue weighted by atomic mass is 10.0. The van der Waals surface area contributed by atoms with E-state index in [4.69, 9.17) is 4.74 Å². The molecule has 0 aliphatic heterocycles. The molecule has 2 rings (SSSR count). The summed E-state index contributed by atoms with van der Waals surface area (Å²) in [4.78, 5) is 23.9. The third kappa shape index (κ3) is 5.09. The molecule has 0 aliphatic carbocycles. The fourth-order valence-corrected chi connectivity index (χ4v) is 2.46. The highest BCUT2D eigenvalue weighted by atomic mass is 79.9. The van der Waals surface area contributed by atoms with Crippen molar-refractivity contribution < 1.29 is 19.4 Å². The zero-order valence-electron chi connectivity index (χ0n) is 13.2. The molecule has 1 atom stereocenters. The third-order valence-electron chi connectivity index (χ3n) is 3.43. The number of hydrogen-bond acceptors (Lipinski definition) is 4. The van der Waals surface area contributed by atoms with Crippen LogP contribution in [0.3, 0.4) is 0 Å². The standard InChI is InChI=1S/C18H18BrNO4/c1-2-16(12-6-8-14(19)9-7-12)20-17(22)11-24-18(23)13-4-3-5-15(21)10-13/h3-10,16,21H,2,11H2,1H3,(H,20,22)/t16-/m0/s1. The number of halogens is 1. The van der Waals surface area contributed by atoms with Gasteiger partial charge in [-0.25, -0.2) is 4.79 Å². The predicted molar refractivity (Wildman–Crippen MR) is 93.7 cm³/mol. The second-order valence-corrected chi connectivity index (χ2v) is 6.12. The van der Waals surface area contributed by atoms with Crippen LogP contribution in [-0.4, -0.2) is 23.6 Å². The van der Waals surface area contributed by atoms with Crippen molar-refractivity contribution in [3.8, 4) is 5.75 Å². The van der Waals surface area contributed by atoms with Crippen molar-refractivity contribution in [1.29, 1.82) is 0 Å². The first kappa shape index (κ1) is 18.0. The van der Waals surface area contributed by atoms with E-state index in [9.17, 15) is 14.7 Å². The highest BCUT2D eigenvalue weighted by Crippen LogP contribution is 2.19. The van der Waals surface area contributed by atoms with E-state index in [0.717, 1.165) is 10.0 Å². The number of aromatic hydroxyl groups is 1. The van der Waals surface area contributed by atoms with E-state index in [-0.39, 0.29) is 29.9 Å². The van der Waals surface area contributed by atoms with Gasteiger partial charge in [0.2, 0.25) is 0 Å². The summed E-state index contributed by atoms with van der Waals surface area (Å²) in [5.74, 6) is -1.06. The first-order valence-electron chi connectivity index (χ1n) is 7.50. The van der Waals surface area contributed by atoms with Crippen molar-refractivity contribution in [2.75, 3.05) is 6.61 Å². The molecule has 0 saturated carbocycles. The van der Waals surface area contributed by atoms with Crippen LogP contribution in [-0.2, 0) is 9.53 Å². The number of rotatable bonds is 6. The fraction of sp³-hybridized carbons (Fsp3) is 0.222. The van der Waals surface area contributed by atoms with Gasteiger partial charge in [-0.15, -0.1) is 0 Å². The quantitative estimate of drug-likeness (QED) is 0.737. The summed E-state index contributed by atoms with van der Waals surface area (Å²) >= 11 is 3.37. The summed E-state index contributed by atoms with van der Waals surface area (Å²) < 4.78 is 5.94. The van der Waals surface area contributed by atoms with Crippen LogP contribution in [0.5, 0.6) is 5.75 Å². The molecule has 0 bridgehead atoms. The Morgan fingerprint density at radius 2 is 1.92 bits per heavy atom. The average Bonchev–Trinajstić information content (AvgIpc) is 2.58. The second-order valence-electron chi connectivity index (χ2n) is 5.21. The Hall–Kier alpha value is -2.34. The summed E-state index contributed by atoms with van der Waals surface area (Å²) in [7, 11) is 0. The molecule has 24 heavy (non-hydrogen) atoms. The van der Waals surface area contributed by atoms with Crippen LogP contribution in [0.25, 0.3) is 0 Å². The average molecular weight is 392 g/mol. The molecule has 126 valence electrons. The molecule has 0 unspecified atom stereocenters. The van der Waals surface area contributed by atoms with Crippen LogP contribution in [0.4, 0.5) is 0 Å². The zero-order valence-corrected chi connectivity index (χ0v) is 14.7. The van der Waals surface area contributed by atoms with Gasteiger partial charge in [0.05, 0.1) is 11.6 Å². The lowest BCUT2D eigenvalue weighted by Gasteiger charge is -2.17. The first-order valence-corrected chi connectivity index (χ1v) is 8.30. The van der Waals surface area contributed by atoms with Crippen molar-refractivity contribution in [1.82, 2.24) is 5.32 Å². The molecule has 0 aromatic heterocycles. The summed E-state index contributed by atoms with van der Waals surface area (Å²) in [5, 5.41) is 12.2. The Morgan fingerprint density at radius 1 is 1.21 bits per heavy atom. The van der Waals surface area contributed by atoms with Crippen LogP contribution < -0.4 is 5.32 Å². The number of nitrogens with one attached hydrogen (secondary N) is 1. The van der Waals surface area contributed by atoms with Gasteiger partial charge < -0.3 is 15.2 Å². The van der Waals surface area contributed by atoms with Gasteiger partial charge >= 0.3 is 5.97 Å². The number of phenols is 1. The molecule has 0 spiro atoms. The van der Waals surface area contributed by atoms with Gasteiger partial charge in [-0.05, 0) is 42.3 Å². The van der Waals surface area contributed by atoms with E-state index in [1.807, 2.05) is 31.2 Å². The number of phenolic OH excluding ortho intramolecular Hbond substituents is 1. The Morgan fingerprint density at radius 3 is 2.54 bits per heavy atom. The van der Waals surface area contributed by atoms with Crippen molar-refractivity contribution in [2.24, 2.45) is 0 Å². The molecule has 0 heterocycles. The molecule has 2 aromatic carbocycles. The number of ether oxygens (including phenoxy) is 1. The van der Waals surface area contributed by atoms with E-state index < -0.39 is 5.97 Å². The summed E-state index contributed by atoms with van der Waals surface area (Å²) in [6, 6.07) is 13.3. The van der Waals surface area contributed by atoms with Crippen molar-refractivity contribution in [2.45, 2.75) is 19.4 Å². The Labute approximate surface area is 148 Å². The maximum atomic E-state index is 12.0. The molecule has 0 aliphatic rings. The molecule has 6 heteroatoms. The van der Waals surface area contributed by atoms with Crippen molar-refractivity contribution in [3.05, 3.63) is 64.1 Å². The molecule has 0 fully saturated rings. The highest BCUT2D eigenvalue weighted by Gasteiger charge is 2.15. The van der Waals surface area contributed by atoms with Crippen LogP contribution in [0.2, 0.25) is 0 Å². The monoisotopic (exact) mass is 391 g/mol. The minimum Gasteiger partial charge on any atom is -0.508 e. The molecular weight excluding hydrogens is 374 g/mol.